The van der Waals surface area contributed by atoms with E-state index in [1.165, 1.54) is 6.07 Å². The van der Waals surface area contributed by atoms with E-state index in [2.05, 4.69) is 5.32 Å². The summed E-state index contributed by atoms with van der Waals surface area (Å²) in [4.78, 5) is 11.8. The van der Waals surface area contributed by atoms with Crippen molar-refractivity contribution in [2.45, 2.75) is 6.92 Å². The maximum atomic E-state index is 11.6. The molecule has 0 aliphatic heterocycles. The predicted octanol–water partition coefficient (Wildman–Crippen LogP) is 2.44. The molecule has 1 aromatic heterocycles. The van der Waals surface area contributed by atoms with Crippen LogP contribution < -0.4 is 10.9 Å². The third kappa shape index (κ3) is 2.57. The molecule has 0 spiro atoms. The molecule has 1 aromatic carbocycles. The molecule has 0 radical (unpaired) electrons. The fourth-order valence-corrected chi connectivity index (χ4v) is 1.83. The fraction of sp³-hybridized carbons (Fsp3) is 0.0769. The summed E-state index contributed by atoms with van der Waals surface area (Å²) in [7, 11) is 0. The number of aromatic hydroxyl groups is 1. The van der Waals surface area contributed by atoms with Gasteiger partial charge in [0.2, 0.25) is 0 Å². The first-order valence-corrected chi connectivity index (χ1v) is 5.69. The maximum absolute atomic E-state index is 11.6. The normalized spacial score (nSPS) is 10.1. The van der Waals surface area contributed by atoms with Crippen LogP contribution in [0.25, 0.3) is 0 Å². The third-order valence-electron chi connectivity index (χ3n) is 2.31. The van der Waals surface area contributed by atoms with E-state index in [1.54, 1.807) is 19.1 Å². The molecule has 0 unspecified atom stereocenters. The highest BCUT2D eigenvalue weighted by molar-refractivity contribution is 7.81. The van der Waals surface area contributed by atoms with E-state index in [0.717, 1.165) is 5.69 Å². The molecule has 2 rings (SSSR count). The Morgan fingerprint density at radius 1 is 1.33 bits per heavy atom. The van der Waals surface area contributed by atoms with Crippen molar-refractivity contribution in [1.82, 2.24) is 0 Å². The Balaban J connectivity index is 2.33. The molecule has 0 atom stereocenters. The summed E-state index contributed by atoms with van der Waals surface area (Å²) in [5.74, 6) is 0.154. The van der Waals surface area contributed by atoms with Crippen LogP contribution in [0.5, 0.6) is 5.75 Å². The summed E-state index contributed by atoms with van der Waals surface area (Å²) in [6, 6.07) is 10.5. The van der Waals surface area contributed by atoms with E-state index < -0.39 is 5.63 Å². The summed E-state index contributed by atoms with van der Waals surface area (Å²) in [5.41, 5.74) is 0.0576. The number of hydrogen-bond donors (Lipinski definition) is 2. The van der Waals surface area contributed by atoms with Crippen LogP contribution in [0.15, 0.2) is 45.6 Å². The first kappa shape index (κ1) is 12.3. The third-order valence-corrected chi connectivity index (χ3v) is 2.62. The summed E-state index contributed by atoms with van der Waals surface area (Å²) in [6.07, 6.45) is 0. The molecule has 2 aromatic rings. The summed E-state index contributed by atoms with van der Waals surface area (Å²) < 4.78 is 4.90. The Kier molecular flexibility index (Phi) is 3.43. The first-order valence-electron chi connectivity index (χ1n) is 5.28. The highest BCUT2D eigenvalue weighted by Crippen LogP contribution is 2.17. The van der Waals surface area contributed by atoms with Gasteiger partial charge in [0.1, 0.15) is 22.1 Å². The smallest absolute Gasteiger partial charge is 0.350 e. The van der Waals surface area contributed by atoms with E-state index in [9.17, 15) is 9.90 Å². The Bertz CT molecular complexity index is 634. The molecule has 0 fully saturated rings. The zero-order valence-corrected chi connectivity index (χ0v) is 10.5. The zero-order valence-electron chi connectivity index (χ0n) is 9.64. The van der Waals surface area contributed by atoms with Crippen molar-refractivity contribution in [3.05, 3.63) is 58.1 Å². The molecule has 2 N–H and O–H groups in total. The average molecular weight is 261 g/mol. The highest BCUT2D eigenvalue weighted by atomic mass is 32.1. The Labute approximate surface area is 109 Å². The van der Waals surface area contributed by atoms with E-state index in [4.69, 9.17) is 16.6 Å². The predicted molar refractivity (Wildman–Crippen MR) is 73.1 cm³/mol. The van der Waals surface area contributed by atoms with Crippen molar-refractivity contribution < 1.29 is 9.52 Å². The summed E-state index contributed by atoms with van der Waals surface area (Å²) in [5, 5.41) is 12.6. The monoisotopic (exact) mass is 261 g/mol. The second-order valence-electron chi connectivity index (χ2n) is 3.72. The minimum atomic E-state index is -0.652. The van der Waals surface area contributed by atoms with Gasteiger partial charge in [-0.1, -0.05) is 30.4 Å². The quantitative estimate of drug-likeness (QED) is 0.813. The minimum absolute atomic E-state index is 0.0283. The standard InChI is InChI=1S/C13H11NO3S/c1-8-7-10(15)11(13(16)17-8)12(18)14-9-5-3-2-4-6-9/h2-7,15H,1H3,(H,14,18). The number of hydrogen-bond acceptors (Lipinski definition) is 4. The zero-order chi connectivity index (χ0) is 13.1. The fourth-order valence-electron chi connectivity index (χ4n) is 1.52. The molecule has 0 aliphatic carbocycles. The lowest BCUT2D eigenvalue weighted by Gasteiger charge is -2.08. The van der Waals surface area contributed by atoms with Crippen molar-refractivity contribution in [1.29, 1.82) is 0 Å². The summed E-state index contributed by atoms with van der Waals surface area (Å²) in [6.45, 7) is 1.58. The van der Waals surface area contributed by atoms with Gasteiger partial charge in [-0.2, -0.15) is 0 Å². The van der Waals surface area contributed by atoms with E-state index in [1.807, 2.05) is 18.2 Å². The largest absolute Gasteiger partial charge is 0.507 e. The minimum Gasteiger partial charge on any atom is -0.507 e. The molecule has 5 heteroatoms. The number of rotatable bonds is 2. The highest BCUT2D eigenvalue weighted by Gasteiger charge is 2.14. The number of para-hydroxylation sites is 1. The van der Waals surface area contributed by atoms with Crippen LogP contribution >= 0.6 is 12.2 Å². The maximum Gasteiger partial charge on any atom is 0.350 e. The Hall–Kier alpha value is -2.14. The van der Waals surface area contributed by atoms with Gasteiger partial charge in [-0.3, -0.25) is 0 Å². The van der Waals surface area contributed by atoms with Gasteiger partial charge in [0.25, 0.3) is 0 Å². The van der Waals surface area contributed by atoms with Crippen molar-refractivity contribution in [3.63, 3.8) is 0 Å². The Morgan fingerprint density at radius 2 is 2.00 bits per heavy atom. The van der Waals surface area contributed by atoms with Crippen LogP contribution in [0.4, 0.5) is 5.69 Å². The lowest BCUT2D eigenvalue weighted by atomic mass is 10.2. The van der Waals surface area contributed by atoms with Crippen molar-refractivity contribution >= 4 is 22.9 Å². The number of benzene rings is 1. The number of aryl methyl sites for hydroxylation is 1. The second kappa shape index (κ2) is 5.01. The lowest BCUT2D eigenvalue weighted by molar-refractivity contribution is 0.433. The molecular weight excluding hydrogens is 250 g/mol. The van der Waals surface area contributed by atoms with Crippen molar-refractivity contribution in [2.75, 3.05) is 5.32 Å². The van der Waals surface area contributed by atoms with Gasteiger partial charge in [0, 0.05) is 11.8 Å². The molecular formula is C13H11NO3S. The van der Waals surface area contributed by atoms with Gasteiger partial charge >= 0.3 is 5.63 Å². The van der Waals surface area contributed by atoms with Crippen LogP contribution in [0.3, 0.4) is 0 Å². The SMILES string of the molecule is Cc1cc(O)c(C(=S)Nc2ccccc2)c(=O)o1. The molecule has 1 heterocycles. The van der Waals surface area contributed by atoms with Crippen LogP contribution in [0.2, 0.25) is 0 Å². The van der Waals surface area contributed by atoms with E-state index in [0.29, 0.717) is 5.76 Å². The molecule has 0 saturated carbocycles. The van der Waals surface area contributed by atoms with E-state index in [-0.39, 0.29) is 16.3 Å². The molecule has 0 bridgehead atoms. The van der Waals surface area contributed by atoms with Crippen molar-refractivity contribution in [2.24, 2.45) is 0 Å². The van der Waals surface area contributed by atoms with Crippen LogP contribution in [0, 0.1) is 6.92 Å². The van der Waals surface area contributed by atoms with Crippen LogP contribution in [-0.4, -0.2) is 10.1 Å². The topological polar surface area (TPSA) is 62.5 Å². The second-order valence-corrected chi connectivity index (χ2v) is 4.13. The van der Waals surface area contributed by atoms with Gasteiger partial charge in [-0.05, 0) is 19.1 Å². The molecule has 18 heavy (non-hydrogen) atoms. The molecule has 0 amide bonds. The van der Waals surface area contributed by atoms with E-state index >= 15 is 0 Å². The van der Waals surface area contributed by atoms with Gasteiger partial charge in [0.05, 0.1) is 0 Å². The number of thiocarbonyl (C=S) groups is 1. The van der Waals surface area contributed by atoms with Crippen molar-refractivity contribution in [3.8, 4) is 5.75 Å². The van der Waals surface area contributed by atoms with Crippen LogP contribution in [-0.2, 0) is 0 Å². The Morgan fingerprint density at radius 3 is 2.61 bits per heavy atom. The first-order chi connectivity index (χ1) is 8.58. The lowest BCUT2D eigenvalue weighted by Crippen LogP contribution is -2.20. The molecule has 0 aliphatic rings. The van der Waals surface area contributed by atoms with Crippen LogP contribution in [0.1, 0.15) is 11.3 Å². The molecule has 0 saturated heterocycles. The van der Waals surface area contributed by atoms with Gasteiger partial charge in [0.15, 0.2) is 0 Å². The van der Waals surface area contributed by atoms with Gasteiger partial charge in [-0.25, -0.2) is 4.79 Å². The van der Waals surface area contributed by atoms with Gasteiger partial charge in [-0.15, -0.1) is 0 Å². The molecule has 4 nitrogen and oxygen atoms in total. The molecule has 92 valence electrons. The summed E-state index contributed by atoms with van der Waals surface area (Å²) >= 11 is 5.09. The number of anilines is 1. The van der Waals surface area contributed by atoms with Gasteiger partial charge < -0.3 is 14.8 Å². The number of nitrogens with one attached hydrogen (secondary N) is 1. The average Bonchev–Trinajstić information content (AvgIpc) is 2.28.